The first-order valence-electron chi connectivity index (χ1n) is 10.5. The molecule has 7 heteroatoms. The van der Waals surface area contributed by atoms with E-state index in [4.69, 9.17) is 4.98 Å². The van der Waals surface area contributed by atoms with E-state index in [9.17, 15) is 10.1 Å². The number of likely N-dealkylation sites (N-methyl/N-ethyl adjacent to an activating group) is 1. The zero-order valence-electron chi connectivity index (χ0n) is 18.0. The van der Waals surface area contributed by atoms with Gasteiger partial charge in [-0.05, 0) is 36.7 Å². The summed E-state index contributed by atoms with van der Waals surface area (Å²) in [6, 6.07) is 13.7. The minimum Gasteiger partial charge on any atom is -0.326 e. The molecule has 162 valence electrons. The molecular weight excluding hydrogens is 400 g/mol. The quantitative estimate of drug-likeness (QED) is 0.325. The fourth-order valence-electron chi connectivity index (χ4n) is 3.74. The smallest absolute Gasteiger partial charge is 0.271 e. The van der Waals surface area contributed by atoms with E-state index < -0.39 is 0 Å². The average molecular weight is 431 g/mol. The van der Waals surface area contributed by atoms with Crippen molar-refractivity contribution in [2.45, 2.75) is 46.6 Å². The summed E-state index contributed by atoms with van der Waals surface area (Å²) in [5.74, 6) is 0.955. The highest BCUT2D eigenvalue weighted by Gasteiger charge is 2.15. The van der Waals surface area contributed by atoms with Crippen molar-refractivity contribution < 1.29 is 4.92 Å². The van der Waals surface area contributed by atoms with Crippen molar-refractivity contribution in [2.24, 2.45) is 0 Å². The maximum Gasteiger partial charge on any atom is 0.271 e. The Bertz CT molecular complexity index is 965. The van der Waals surface area contributed by atoms with Crippen molar-refractivity contribution in [3.8, 4) is 0 Å². The van der Waals surface area contributed by atoms with E-state index in [1.54, 1.807) is 12.1 Å². The molecule has 0 fully saturated rings. The number of hydrogen-bond donors (Lipinski definition) is 0. The summed E-state index contributed by atoms with van der Waals surface area (Å²) < 4.78 is 2.22. The van der Waals surface area contributed by atoms with Crippen molar-refractivity contribution in [3.63, 3.8) is 0 Å². The van der Waals surface area contributed by atoms with Crippen LogP contribution in [-0.2, 0) is 19.4 Å². The first-order chi connectivity index (χ1) is 14.0. The Hall–Kier alpha value is -2.44. The number of imidazole rings is 1. The van der Waals surface area contributed by atoms with Crippen LogP contribution < -0.4 is 0 Å². The fourth-order valence-corrected chi connectivity index (χ4v) is 3.74. The van der Waals surface area contributed by atoms with Gasteiger partial charge in [0.2, 0.25) is 0 Å². The molecule has 3 rings (SSSR count). The molecule has 6 nitrogen and oxygen atoms in total. The molecule has 1 aromatic heterocycles. The second kappa shape index (κ2) is 11.1. The van der Waals surface area contributed by atoms with E-state index in [2.05, 4.69) is 54.5 Å². The van der Waals surface area contributed by atoms with Crippen molar-refractivity contribution in [2.75, 3.05) is 19.6 Å². The van der Waals surface area contributed by atoms with Gasteiger partial charge >= 0.3 is 0 Å². The van der Waals surface area contributed by atoms with Crippen LogP contribution in [0.25, 0.3) is 11.0 Å². The lowest BCUT2D eigenvalue weighted by Crippen LogP contribution is -2.27. The van der Waals surface area contributed by atoms with E-state index in [1.807, 2.05) is 6.07 Å². The molecule has 30 heavy (non-hydrogen) atoms. The van der Waals surface area contributed by atoms with E-state index in [0.717, 1.165) is 50.4 Å². The monoisotopic (exact) mass is 430 g/mol. The summed E-state index contributed by atoms with van der Waals surface area (Å²) in [6.07, 6.45) is 2.94. The Morgan fingerprint density at radius 3 is 2.30 bits per heavy atom. The molecule has 0 bridgehead atoms. The first kappa shape index (κ1) is 23.8. The molecule has 0 saturated heterocycles. The highest BCUT2D eigenvalue weighted by atomic mass is 35.5. The van der Waals surface area contributed by atoms with Crippen LogP contribution in [0.2, 0.25) is 0 Å². The molecule has 0 radical (unpaired) electrons. The van der Waals surface area contributed by atoms with Crippen LogP contribution in [0.5, 0.6) is 0 Å². The van der Waals surface area contributed by atoms with Crippen LogP contribution in [0.1, 0.15) is 44.1 Å². The third-order valence-corrected chi connectivity index (χ3v) is 5.48. The normalized spacial score (nSPS) is 11.1. The predicted octanol–water partition coefficient (Wildman–Crippen LogP) is 5.25. The minimum absolute atomic E-state index is 0. The summed E-state index contributed by atoms with van der Waals surface area (Å²) in [5.41, 5.74) is 4.29. The maximum absolute atomic E-state index is 11.2. The summed E-state index contributed by atoms with van der Waals surface area (Å²) in [4.78, 5) is 18.0. The van der Waals surface area contributed by atoms with Crippen LogP contribution in [-0.4, -0.2) is 39.0 Å². The molecule has 3 aromatic rings. The van der Waals surface area contributed by atoms with E-state index in [1.165, 1.54) is 11.1 Å². The van der Waals surface area contributed by atoms with Gasteiger partial charge in [-0.1, -0.05) is 51.5 Å². The molecule has 2 aromatic carbocycles. The second-order valence-corrected chi connectivity index (χ2v) is 7.38. The van der Waals surface area contributed by atoms with Crippen LogP contribution in [0.3, 0.4) is 0 Å². The van der Waals surface area contributed by atoms with Gasteiger partial charge in [-0.3, -0.25) is 10.1 Å². The third-order valence-electron chi connectivity index (χ3n) is 5.48. The Morgan fingerprint density at radius 1 is 1.03 bits per heavy atom. The Kier molecular flexibility index (Phi) is 8.81. The Labute approximate surface area is 184 Å². The summed E-state index contributed by atoms with van der Waals surface area (Å²) in [5, 5.41) is 11.2. The van der Waals surface area contributed by atoms with Gasteiger partial charge in [0.25, 0.3) is 5.69 Å². The molecule has 0 spiro atoms. The van der Waals surface area contributed by atoms with Crippen LogP contribution in [0, 0.1) is 10.1 Å². The predicted molar refractivity (Wildman–Crippen MR) is 125 cm³/mol. The minimum atomic E-state index is -0.361. The van der Waals surface area contributed by atoms with Gasteiger partial charge in [-0.2, -0.15) is 0 Å². The Balaban J connectivity index is 0.00000320. The highest BCUT2D eigenvalue weighted by molar-refractivity contribution is 5.85. The van der Waals surface area contributed by atoms with Crippen LogP contribution in [0.15, 0.2) is 42.5 Å². The number of nitro groups is 1. The molecule has 0 amide bonds. The third kappa shape index (κ3) is 5.58. The topological polar surface area (TPSA) is 64.2 Å². The number of non-ortho nitro benzene ring substituents is 1. The van der Waals surface area contributed by atoms with Gasteiger partial charge in [0.05, 0.1) is 16.0 Å². The van der Waals surface area contributed by atoms with Gasteiger partial charge in [0.1, 0.15) is 5.82 Å². The van der Waals surface area contributed by atoms with Gasteiger partial charge in [0, 0.05) is 31.6 Å². The molecule has 0 aliphatic carbocycles. The van der Waals surface area contributed by atoms with Gasteiger partial charge < -0.3 is 9.47 Å². The summed E-state index contributed by atoms with van der Waals surface area (Å²) in [7, 11) is 0. The van der Waals surface area contributed by atoms with Crippen molar-refractivity contribution in [1.82, 2.24) is 14.5 Å². The first-order valence-corrected chi connectivity index (χ1v) is 10.5. The molecule has 0 atom stereocenters. The largest absolute Gasteiger partial charge is 0.326 e. The van der Waals surface area contributed by atoms with Crippen molar-refractivity contribution in [3.05, 3.63) is 69.5 Å². The van der Waals surface area contributed by atoms with Crippen molar-refractivity contribution in [1.29, 1.82) is 0 Å². The maximum atomic E-state index is 11.2. The number of fused-ring (bicyclic) bond motifs is 1. The van der Waals surface area contributed by atoms with Gasteiger partial charge in [0.15, 0.2) is 0 Å². The SMILES string of the molecule is CCCc1ccc(Cc2nc3cc([N+](=O)[O-])ccc3n2CCN(CC)CC)cc1.Cl. The average Bonchev–Trinajstić information content (AvgIpc) is 3.06. The molecule has 0 aliphatic rings. The zero-order chi connectivity index (χ0) is 20.8. The second-order valence-electron chi connectivity index (χ2n) is 7.38. The van der Waals surface area contributed by atoms with E-state index in [-0.39, 0.29) is 23.0 Å². The number of halogens is 1. The standard InChI is InChI=1S/C23H30N4O2.ClH/c1-4-7-18-8-10-19(11-9-18)16-23-24-21-17-20(27(28)29)12-13-22(21)26(23)15-14-25(5-2)6-3;/h8-13,17H,4-7,14-16H2,1-3H3;1H. The molecule has 1 heterocycles. The number of rotatable bonds is 10. The molecule has 0 aliphatic heterocycles. The van der Waals surface area contributed by atoms with E-state index >= 15 is 0 Å². The zero-order valence-corrected chi connectivity index (χ0v) is 18.8. The molecular formula is C23H31ClN4O2. The van der Waals surface area contributed by atoms with Crippen LogP contribution >= 0.6 is 12.4 Å². The fraction of sp³-hybridized carbons (Fsp3) is 0.435. The number of aryl methyl sites for hydroxylation is 1. The molecule has 0 unspecified atom stereocenters. The lowest BCUT2D eigenvalue weighted by molar-refractivity contribution is -0.384. The van der Waals surface area contributed by atoms with Crippen LogP contribution in [0.4, 0.5) is 5.69 Å². The van der Waals surface area contributed by atoms with Crippen molar-refractivity contribution >= 4 is 29.1 Å². The molecule has 0 N–H and O–H groups in total. The molecule has 0 saturated carbocycles. The summed E-state index contributed by atoms with van der Waals surface area (Å²) in [6.45, 7) is 10.3. The number of hydrogen-bond acceptors (Lipinski definition) is 4. The summed E-state index contributed by atoms with van der Waals surface area (Å²) >= 11 is 0. The van der Waals surface area contributed by atoms with E-state index in [0.29, 0.717) is 11.9 Å². The number of nitrogens with zero attached hydrogens (tertiary/aromatic N) is 4. The number of aromatic nitrogens is 2. The number of benzene rings is 2. The lowest BCUT2D eigenvalue weighted by atomic mass is 10.1. The van der Waals surface area contributed by atoms with Gasteiger partial charge in [-0.25, -0.2) is 4.98 Å². The Morgan fingerprint density at radius 2 is 1.70 bits per heavy atom. The lowest BCUT2D eigenvalue weighted by Gasteiger charge is -2.19. The number of nitro benzene ring substituents is 1. The van der Waals surface area contributed by atoms with Gasteiger partial charge in [-0.15, -0.1) is 12.4 Å². The highest BCUT2D eigenvalue weighted by Crippen LogP contribution is 2.23.